The summed E-state index contributed by atoms with van der Waals surface area (Å²) in [6.45, 7) is 2.24. The number of anilines is 2. The van der Waals surface area contributed by atoms with Crippen molar-refractivity contribution in [3.8, 4) is 11.1 Å². The van der Waals surface area contributed by atoms with E-state index in [1.54, 1.807) is 11.3 Å². The molecule has 2 N–H and O–H groups in total. The van der Waals surface area contributed by atoms with Gasteiger partial charge in [-0.3, -0.25) is 4.98 Å². The van der Waals surface area contributed by atoms with Gasteiger partial charge < -0.3 is 10.6 Å². The number of rotatable bonds is 4. The van der Waals surface area contributed by atoms with Crippen molar-refractivity contribution in [2.45, 2.75) is 18.8 Å². The van der Waals surface area contributed by atoms with Crippen LogP contribution in [0, 0.1) is 0 Å². The molecule has 4 nitrogen and oxygen atoms in total. The van der Waals surface area contributed by atoms with Gasteiger partial charge in [-0.05, 0) is 78.9 Å². The van der Waals surface area contributed by atoms with E-state index in [0.29, 0.717) is 5.92 Å². The standard InChI is InChI=1S/C27H24N4S/c1-3-19(4-2-18(1)20-9-12-28-13-10-20)21-5-7-23-24(11-14-29-25(23)15-21)31-22-6-8-27-26(16-22)30-17-32-27/h1-8,11,14-17,20,28H,9-10,12-13H2,(H,29,31). The molecule has 1 saturated heterocycles. The zero-order valence-corrected chi connectivity index (χ0v) is 18.5. The Balaban J connectivity index is 1.28. The molecule has 0 atom stereocenters. The van der Waals surface area contributed by atoms with Gasteiger partial charge >= 0.3 is 0 Å². The quantitative estimate of drug-likeness (QED) is 0.328. The third-order valence-electron chi connectivity index (χ3n) is 6.41. The molecule has 0 bridgehead atoms. The Bertz CT molecular complexity index is 1380. The number of aromatic nitrogens is 2. The summed E-state index contributed by atoms with van der Waals surface area (Å²) in [5.41, 5.74) is 9.87. The Morgan fingerprint density at radius 3 is 2.53 bits per heavy atom. The lowest BCUT2D eigenvalue weighted by Gasteiger charge is -2.23. The SMILES string of the molecule is c1cc(Nc2ccc3scnc3c2)c2ccc(-c3ccc(C4CCNCC4)cc3)cc2n1. The van der Waals surface area contributed by atoms with Crippen LogP contribution in [-0.2, 0) is 0 Å². The molecule has 5 aromatic rings. The number of hydrogen-bond donors (Lipinski definition) is 2. The van der Waals surface area contributed by atoms with Crippen molar-refractivity contribution < 1.29 is 0 Å². The number of benzene rings is 3. The Labute approximate surface area is 191 Å². The smallest absolute Gasteiger partial charge is 0.0832 e. The first-order chi connectivity index (χ1) is 15.8. The predicted octanol–water partition coefficient (Wildman–Crippen LogP) is 6.72. The third-order valence-corrected chi connectivity index (χ3v) is 7.22. The van der Waals surface area contributed by atoms with Crippen molar-refractivity contribution in [1.82, 2.24) is 15.3 Å². The van der Waals surface area contributed by atoms with Gasteiger partial charge in [0.2, 0.25) is 0 Å². The van der Waals surface area contributed by atoms with E-state index in [0.717, 1.165) is 40.9 Å². The van der Waals surface area contributed by atoms with Crippen molar-refractivity contribution in [1.29, 1.82) is 0 Å². The van der Waals surface area contributed by atoms with E-state index in [2.05, 4.69) is 81.3 Å². The maximum atomic E-state index is 4.64. The van der Waals surface area contributed by atoms with Gasteiger partial charge in [0.15, 0.2) is 0 Å². The van der Waals surface area contributed by atoms with Gasteiger partial charge in [-0.25, -0.2) is 4.98 Å². The van der Waals surface area contributed by atoms with E-state index < -0.39 is 0 Å². The van der Waals surface area contributed by atoms with Gasteiger partial charge in [-0.15, -0.1) is 11.3 Å². The molecule has 0 unspecified atom stereocenters. The highest BCUT2D eigenvalue weighted by Crippen LogP contribution is 2.32. The Kier molecular flexibility index (Phi) is 5.06. The highest BCUT2D eigenvalue weighted by Gasteiger charge is 2.15. The van der Waals surface area contributed by atoms with Crippen LogP contribution in [0.4, 0.5) is 11.4 Å². The van der Waals surface area contributed by atoms with Gasteiger partial charge in [-0.2, -0.15) is 0 Å². The van der Waals surface area contributed by atoms with Gasteiger partial charge in [0.1, 0.15) is 0 Å². The highest BCUT2D eigenvalue weighted by molar-refractivity contribution is 7.16. The van der Waals surface area contributed by atoms with Crippen molar-refractivity contribution in [3.05, 3.63) is 84.0 Å². The Morgan fingerprint density at radius 1 is 0.812 bits per heavy atom. The average Bonchev–Trinajstić information content (AvgIpc) is 3.33. The van der Waals surface area contributed by atoms with Crippen LogP contribution in [0.15, 0.2) is 78.4 Å². The molecule has 0 radical (unpaired) electrons. The average molecular weight is 437 g/mol. The summed E-state index contributed by atoms with van der Waals surface area (Å²) in [4.78, 5) is 9.07. The first kappa shape index (κ1) is 19.4. The number of hydrogen-bond acceptors (Lipinski definition) is 5. The van der Waals surface area contributed by atoms with Gasteiger partial charge in [0.25, 0.3) is 0 Å². The fraction of sp³-hybridized carbons (Fsp3) is 0.185. The van der Waals surface area contributed by atoms with Gasteiger partial charge in [0, 0.05) is 23.0 Å². The summed E-state index contributed by atoms with van der Waals surface area (Å²) >= 11 is 1.66. The normalized spacial score (nSPS) is 14.8. The van der Waals surface area contributed by atoms with E-state index in [4.69, 9.17) is 0 Å². The van der Waals surface area contributed by atoms with Crippen LogP contribution in [0.5, 0.6) is 0 Å². The van der Waals surface area contributed by atoms with Gasteiger partial charge in [-0.1, -0.05) is 36.4 Å². The minimum atomic E-state index is 0.681. The van der Waals surface area contributed by atoms with Crippen LogP contribution >= 0.6 is 11.3 Å². The molecule has 2 aromatic heterocycles. The number of thiazole rings is 1. The minimum Gasteiger partial charge on any atom is -0.355 e. The van der Waals surface area contributed by atoms with Crippen LogP contribution < -0.4 is 10.6 Å². The summed E-state index contributed by atoms with van der Waals surface area (Å²) in [5, 5.41) is 8.11. The van der Waals surface area contributed by atoms with Gasteiger partial charge in [0.05, 0.1) is 21.2 Å². The topological polar surface area (TPSA) is 49.8 Å². The molecular weight excluding hydrogens is 412 g/mol. The lowest BCUT2D eigenvalue weighted by molar-refractivity contribution is 0.460. The van der Waals surface area contributed by atoms with Crippen LogP contribution in [0.1, 0.15) is 24.3 Å². The first-order valence-electron chi connectivity index (χ1n) is 11.1. The fourth-order valence-corrected chi connectivity index (χ4v) is 5.29. The summed E-state index contributed by atoms with van der Waals surface area (Å²) < 4.78 is 1.20. The molecule has 6 rings (SSSR count). The molecule has 3 aromatic carbocycles. The fourth-order valence-electron chi connectivity index (χ4n) is 4.63. The molecule has 32 heavy (non-hydrogen) atoms. The molecule has 3 heterocycles. The lowest BCUT2D eigenvalue weighted by atomic mass is 9.89. The molecule has 1 fully saturated rings. The monoisotopic (exact) mass is 436 g/mol. The zero-order valence-electron chi connectivity index (χ0n) is 17.7. The highest BCUT2D eigenvalue weighted by atomic mass is 32.1. The number of nitrogens with one attached hydrogen (secondary N) is 2. The third kappa shape index (κ3) is 3.74. The van der Waals surface area contributed by atoms with E-state index in [9.17, 15) is 0 Å². The van der Waals surface area contributed by atoms with Crippen molar-refractivity contribution in [3.63, 3.8) is 0 Å². The Hall–Kier alpha value is -3.28. The number of fused-ring (bicyclic) bond motifs is 2. The van der Waals surface area contributed by atoms with E-state index in [1.807, 2.05) is 17.8 Å². The molecule has 5 heteroatoms. The molecule has 1 aliphatic heterocycles. The van der Waals surface area contributed by atoms with E-state index in [-0.39, 0.29) is 0 Å². The molecule has 0 aliphatic carbocycles. The summed E-state index contributed by atoms with van der Waals surface area (Å²) in [6.07, 6.45) is 4.32. The molecule has 0 spiro atoms. The van der Waals surface area contributed by atoms with Crippen molar-refractivity contribution in [2.24, 2.45) is 0 Å². The van der Waals surface area contributed by atoms with Crippen molar-refractivity contribution in [2.75, 3.05) is 18.4 Å². The van der Waals surface area contributed by atoms with Crippen LogP contribution in [0.2, 0.25) is 0 Å². The van der Waals surface area contributed by atoms with Crippen molar-refractivity contribution >= 4 is 43.8 Å². The lowest BCUT2D eigenvalue weighted by Crippen LogP contribution is -2.26. The van der Waals surface area contributed by atoms with Crippen LogP contribution in [0.25, 0.3) is 32.2 Å². The zero-order chi connectivity index (χ0) is 21.3. The first-order valence-corrected chi connectivity index (χ1v) is 12.0. The number of pyridine rings is 1. The molecule has 0 saturated carbocycles. The van der Waals surface area contributed by atoms with Crippen LogP contribution in [-0.4, -0.2) is 23.1 Å². The second-order valence-electron chi connectivity index (χ2n) is 8.40. The molecular formula is C27H24N4S. The van der Waals surface area contributed by atoms with E-state index in [1.165, 1.54) is 34.2 Å². The van der Waals surface area contributed by atoms with E-state index >= 15 is 0 Å². The molecule has 0 amide bonds. The maximum Gasteiger partial charge on any atom is 0.0832 e. The number of piperidine rings is 1. The molecule has 158 valence electrons. The maximum absolute atomic E-state index is 4.64. The minimum absolute atomic E-state index is 0.681. The number of nitrogens with zero attached hydrogens (tertiary/aromatic N) is 2. The summed E-state index contributed by atoms with van der Waals surface area (Å²) in [7, 11) is 0. The second kappa shape index (κ2) is 8.34. The van der Waals surface area contributed by atoms with Crippen LogP contribution in [0.3, 0.4) is 0 Å². The Morgan fingerprint density at radius 2 is 1.66 bits per heavy atom. The largest absolute Gasteiger partial charge is 0.355 e. The summed E-state index contributed by atoms with van der Waals surface area (Å²) in [5.74, 6) is 0.681. The second-order valence-corrected chi connectivity index (χ2v) is 9.28. The molecule has 1 aliphatic rings. The summed E-state index contributed by atoms with van der Waals surface area (Å²) in [6, 6.07) is 24.0. The predicted molar refractivity (Wildman–Crippen MR) is 135 cm³/mol.